The van der Waals surface area contributed by atoms with Gasteiger partial charge in [-0.15, -0.1) is 0 Å². The summed E-state index contributed by atoms with van der Waals surface area (Å²) < 4.78 is 0. The molecule has 0 spiro atoms. The van der Waals surface area contributed by atoms with Crippen molar-refractivity contribution in [3.05, 3.63) is 71.8 Å². The number of benzene rings is 2. The van der Waals surface area contributed by atoms with Crippen molar-refractivity contribution in [2.75, 3.05) is 11.4 Å². The summed E-state index contributed by atoms with van der Waals surface area (Å²) in [4.78, 5) is 25.7. The van der Waals surface area contributed by atoms with E-state index in [1.54, 1.807) is 29.2 Å². The molecule has 2 amide bonds. The second-order valence-corrected chi connectivity index (χ2v) is 5.69. The SMILES string of the molecule is O=C(N/N=C/C=C/c1ccccc1)c1cccc(N2CCCC2=O)c1. The Labute approximate surface area is 146 Å². The second kappa shape index (κ2) is 8.06. The van der Waals surface area contributed by atoms with Gasteiger partial charge in [0.2, 0.25) is 5.91 Å². The molecule has 0 unspecified atom stereocenters. The van der Waals surface area contributed by atoms with Crippen LogP contribution in [0, 0.1) is 0 Å². The number of carbonyl (C=O) groups excluding carboxylic acids is 2. The van der Waals surface area contributed by atoms with Crippen LogP contribution in [0.25, 0.3) is 6.08 Å². The van der Waals surface area contributed by atoms with Crippen LogP contribution in [0.15, 0.2) is 65.8 Å². The average molecular weight is 333 g/mol. The monoisotopic (exact) mass is 333 g/mol. The van der Waals surface area contributed by atoms with E-state index in [1.807, 2.05) is 42.5 Å². The predicted octanol–water partition coefficient (Wildman–Crippen LogP) is 3.24. The molecular weight excluding hydrogens is 314 g/mol. The number of rotatable bonds is 5. The summed E-state index contributed by atoms with van der Waals surface area (Å²) in [5, 5.41) is 3.91. The zero-order valence-electron chi connectivity index (χ0n) is 13.8. The highest BCUT2D eigenvalue weighted by molar-refractivity contribution is 5.99. The molecule has 2 aromatic carbocycles. The van der Waals surface area contributed by atoms with Gasteiger partial charge in [0, 0.05) is 30.4 Å². The van der Waals surface area contributed by atoms with Gasteiger partial charge in [0.15, 0.2) is 0 Å². The number of hydrazone groups is 1. The summed E-state index contributed by atoms with van der Waals surface area (Å²) in [5.41, 5.74) is 4.78. The molecule has 1 heterocycles. The van der Waals surface area contributed by atoms with Crippen molar-refractivity contribution in [3.63, 3.8) is 0 Å². The first kappa shape index (κ1) is 16.6. The van der Waals surface area contributed by atoms with Gasteiger partial charge in [-0.05, 0) is 36.3 Å². The normalized spacial score (nSPS) is 14.6. The maximum absolute atomic E-state index is 12.2. The van der Waals surface area contributed by atoms with Crippen LogP contribution in [-0.4, -0.2) is 24.6 Å². The minimum absolute atomic E-state index is 0.0987. The summed E-state index contributed by atoms with van der Waals surface area (Å²) in [6, 6.07) is 16.9. The lowest BCUT2D eigenvalue weighted by atomic mass is 10.2. The van der Waals surface area contributed by atoms with E-state index in [-0.39, 0.29) is 11.8 Å². The molecule has 0 aromatic heterocycles. The zero-order valence-corrected chi connectivity index (χ0v) is 13.8. The van der Waals surface area contributed by atoms with E-state index in [4.69, 9.17) is 0 Å². The first-order valence-electron chi connectivity index (χ1n) is 8.19. The van der Waals surface area contributed by atoms with E-state index in [2.05, 4.69) is 10.5 Å². The smallest absolute Gasteiger partial charge is 0.271 e. The van der Waals surface area contributed by atoms with Crippen LogP contribution in [0.1, 0.15) is 28.8 Å². The number of allylic oxidation sites excluding steroid dienone is 1. The van der Waals surface area contributed by atoms with E-state index in [0.717, 1.165) is 17.7 Å². The van der Waals surface area contributed by atoms with Gasteiger partial charge in [-0.25, -0.2) is 5.43 Å². The minimum atomic E-state index is -0.308. The van der Waals surface area contributed by atoms with Gasteiger partial charge in [-0.3, -0.25) is 9.59 Å². The van der Waals surface area contributed by atoms with Gasteiger partial charge in [0.25, 0.3) is 5.91 Å². The van der Waals surface area contributed by atoms with Crippen molar-refractivity contribution in [3.8, 4) is 0 Å². The Hall–Kier alpha value is -3.21. The maximum Gasteiger partial charge on any atom is 0.271 e. The Morgan fingerprint density at radius 3 is 2.72 bits per heavy atom. The third kappa shape index (κ3) is 4.41. The van der Waals surface area contributed by atoms with Crippen molar-refractivity contribution >= 4 is 29.8 Å². The van der Waals surface area contributed by atoms with Crippen molar-refractivity contribution in [1.29, 1.82) is 0 Å². The molecule has 1 fully saturated rings. The molecule has 1 aliphatic heterocycles. The average Bonchev–Trinajstić information content (AvgIpc) is 3.08. The molecule has 1 saturated heterocycles. The fraction of sp³-hybridized carbons (Fsp3) is 0.150. The Balaban J connectivity index is 1.59. The highest BCUT2D eigenvalue weighted by Gasteiger charge is 2.22. The fourth-order valence-corrected chi connectivity index (χ4v) is 2.66. The van der Waals surface area contributed by atoms with Crippen LogP contribution in [0.5, 0.6) is 0 Å². The van der Waals surface area contributed by atoms with Gasteiger partial charge in [0.1, 0.15) is 0 Å². The molecule has 0 bridgehead atoms. The summed E-state index contributed by atoms with van der Waals surface area (Å²) in [6.45, 7) is 0.701. The number of amides is 2. The molecule has 0 saturated carbocycles. The maximum atomic E-state index is 12.2. The molecule has 126 valence electrons. The first-order valence-corrected chi connectivity index (χ1v) is 8.19. The van der Waals surface area contributed by atoms with Crippen molar-refractivity contribution in [2.45, 2.75) is 12.8 Å². The van der Waals surface area contributed by atoms with E-state index < -0.39 is 0 Å². The van der Waals surface area contributed by atoms with Crippen molar-refractivity contribution in [2.24, 2.45) is 5.10 Å². The van der Waals surface area contributed by atoms with Crippen LogP contribution < -0.4 is 10.3 Å². The fourth-order valence-electron chi connectivity index (χ4n) is 2.66. The van der Waals surface area contributed by atoms with Crippen LogP contribution in [0.2, 0.25) is 0 Å². The number of hydrogen-bond acceptors (Lipinski definition) is 3. The molecule has 0 radical (unpaired) electrons. The topological polar surface area (TPSA) is 61.8 Å². The minimum Gasteiger partial charge on any atom is -0.312 e. The standard InChI is InChI=1S/C20H19N3O2/c24-19-12-6-14-23(19)18-11-4-10-17(15-18)20(25)22-21-13-5-9-16-7-2-1-3-8-16/h1-5,7-11,13,15H,6,12,14H2,(H,22,25)/b9-5+,21-13+. The zero-order chi connectivity index (χ0) is 17.5. The van der Waals surface area contributed by atoms with Crippen molar-refractivity contribution in [1.82, 2.24) is 5.43 Å². The number of anilines is 1. The highest BCUT2D eigenvalue weighted by Crippen LogP contribution is 2.22. The summed E-state index contributed by atoms with van der Waals surface area (Å²) in [6.07, 6.45) is 6.60. The van der Waals surface area contributed by atoms with Gasteiger partial charge in [0.05, 0.1) is 0 Å². The molecule has 3 rings (SSSR count). The lowest BCUT2D eigenvalue weighted by Crippen LogP contribution is -2.24. The molecule has 25 heavy (non-hydrogen) atoms. The Kier molecular flexibility index (Phi) is 5.36. The van der Waals surface area contributed by atoms with E-state index in [0.29, 0.717) is 18.5 Å². The van der Waals surface area contributed by atoms with Gasteiger partial charge < -0.3 is 4.90 Å². The lowest BCUT2D eigenvalue weighted by Gasteiger charge is -2.16. The Bertz CT molecular complexity index is 813. The van der Waals surface area contributed by atoms with Crippen LogP contribution in [0.3, 0.4) is 0 Å². The largest absolute Gasteiger partial charge is 0.312 e. The molecule has 0 aliphatic carbocycles. The van der Waals surface area contributed by atoms with E-state index in [9.17, 15) is 9.59 Å². The molecular formula is C20H19N3O2. The van der Waals surface area contributed by atoms with Crippen molar-refractivity contribution < 1.29 is 9.59 Å². The molecule has 1 N–H and O–H groups in total. The Morgan fingerprint density at radius 1 is 1.12 bits per heavy atom. The number of nitrogens with one attached hydrogen (secondary N) is 1. The molecule has 0 atom stereocenters. The lowest BCUT2D eigenvalue weighted by molar-refractivity contribution is -0.117. The van der Waals surface area contributed by atoms with Gasteiger partial charge in [-0.2, -0.15) is 5.10 Å². The predicted molar refractivity (Wildman–Crippen MR) is 99.5 cm³/mol. The highest BCUT2D eigenvalue weighted by atomic mass is 16.2. The molecule has 5 nitrogen and oxygen atoms in total. The summed E-state index contributed by atoms with van der Waals surface area (Å²) >= 11 is 0. The first-order chi connectivity index (χ1) is 12.2. The van der Waals surface area contributed by atoms with Crippen LogP contribution >= 0.6 is 0 Å². The Morgan fingerprint density at radius 2 is 1.96 bits per heavy atom. The number of carbonyl (C=O) groups is 2. The van der Waals surface area contributed by atoms with Crippen LogP contribution in [0.4, 0.5) is 5.69 Å². The van der Waals surface area contributed by atoms with Crippen LogP contribution in [-0.2, 0) is 4.79 Å². The quantitative estimate of drug-likeness (QED) is 0.674. The molecule has 2 aromatic rings. The number of nitrogens with zero attached hydrogens (tertiary/aromatic N) is 2. The number of hydrogen-bond donors (Lipinski definition) is 1. The van der Waals surface area contributed by atoms with Gasteiger partial charge in [-0.1, -0.05) is 42.5 Å². The summed E-state index contributed by atoms with van der Waals surface area (Å²) in [7, 11) is 0. The molecule has 1 aliphatic rings. The third-order valence-electron chi connectivity index (χ3n) is 3.91. The van der Waals surface area contributed by atoms with Gasteiger partial charge >= 0.3 is 0 Å². The summed E-state index contributed by atoms with van der Waals surface area (Å²) in [5.74, 6) is -0.209. The van der Waals surface area contributed by atoms with E-state index in [1.165, 1.54) is 6.21 Å². The molecule has 5 heteroatoms. The second-order valence-electron chi connectivity index (χ2n) is 5.69. The third-order valence-corrected chi connectivity index (χ3v) is 3.91. The van der Waals surface area contributed by atoms with E-state index >= 15 is 0 Å².